The number of hydrogen-bond donors (Lipinski definition) is 2. The Morgan fingerprint density at radius 3 is 2.29 bits per heavy atom. The van der Waals surface area contributed by atoms with Crippen LogP contribution in [0.5, 0.6) is 0 Å². The summed E-state index contributed by atoms with van der Waals surface area (Å²) in [6, 6.07) is 6.44. The third kappa shape index (κ3) is 2.50. The molecule has 0 saturated carbocycles. The molecule has 1 aliphatic heterocycles. The first-order valence-corrected chi connectivity index (χ1v) is 5.97. The van der Waals surface area contributed by atoms with E-state index in [2.05, 4.69) is 0 Å². The highest BCUT2D eigenvalue weighted by molar-refractivity contribution is 8.08. The molecule has 1 atom stereocenters. The molecule has 0 aromatic heterocycles. The normalized spacial score (nSPS) is 18.8. The van der Waals surface area contributed by atoms with Gasteiger partial charge in [-0.05, 0) is 17.7 Å². The van der Waals surface area contributed by atoms with Crippen molar-refractivity contribution in [1.82, 2.24) is 0 Å². The van der Waals surface area contributed by atoms with E-state index in [1.54, 1.807) is 18.2 Å². The number of aliphatic carboxylic acids is 1. The van der Waals surface area contributed by atoms with E-state index in [1.807, 2.05) is 0 Å². The fourth-order valence-corrected chi connectivity index (χ4v) is 2.72. The van der Waals surface area contributed by atoms with Gasteiger partial charge in [0.2, 0.25) is 0 Å². The van der Waals surface area contributed by atoms with Crippen LogP contribution in [0.25, 0.3) is 4.91 Å². The van der Waals surface area contributed by atoms with Crippen molar-refractivity contribution in [3.05, 3.63) is 41.5 Å². The summed E-state index contributed by atoms with van der Waals surface area (Å²) in [4.78, 5) is 22.4. The predicted octanol–water partition coefficient (Wildman–Crippen LogP) is 2.17. The molecule has 0 amide bonds. The van der Waals surface area contributed by atoms with Crippen molar-refractivity contribution < 1.29 is 19.8 Å². The largest absolute Gasteiger partial charge is 0.481 e. The van der Waals surface area contributed by atoms with E-state index >= 15 is 0 Å². The zero-order valence-electron chi connectivity index (χ0n) is 8.79. The molecule has 2 N–H and O–H groups in total. The Morgan fingerprint density at radius 1 is 1.18 bits per heavy atom. The monoisotopic (exact) mass is 250 g/mol. The molecule has 1 unspecified atom stereocenters. The number of carboxylic acids is 2. The van der Waals surface area contributed by atoms with Crippen molar-refractivity contribution in [3.63, 3.8) is 0 Å². The Balaban J connectivity index is 2.21. The quantitative estimate of drug-likeness (QED) is 0.860. The summed E-state index contributed by atoms with van der Waals surface area (Å²) in [5, 5.41) is 17.6. The summed E-state index contributed by atoms with van der Waals surface area (Å²) in [5.41, 5.74) is 1.09. The van der Waals surface area contributed by atoms with Crippen LogP contribution in [0.1, 0.15) is 15.9 Å². The molecule has 1 aliphatic rings. The molecule has 88 valence electrons. The van der Waals surface area contributed by atoms with E-state index in [0.717, 1.165) is 10.5 Å². The van der Waals surface area contributed by atoms with Crippen LogP contribution in [-0.4, -0.2) is 27.9 Å². The first-order valence-electron chi connectivity index (χ1n) is 4.99. The molecule has 1 aromatic carbocycles. The molecule has 0 spiro atoms. The highest BCUT2D eigenvalue weighted by atomic mass is 32.2. The molecule has 2 rings (SSSR count). The minimum atomic E-state index is -0.965. The Morgan fingerprint density at radius 2 is 1.82 bits per heavy atom. The highest BCUT2D eigenvalue weighted by Gasteiger charge is 2.23. The van der Waals surface area contributed by atoms with Crippen LogP contribution in [-0.2, 0) is 4.79 Å². The minimum absolute atomic E-state index is 0.229. The number of thioether (sulfide) groups is 1. The van der Waals surface area contributed by atoms with Crippen LogP contribution >= 0.6 is 11.8 Å². The molecule has 1 aromatic rings. The molecule has 0 radical (unpaired) electrons. The number of carbonyl (C=O) groups is 2. The van der Waals surface area contributed by atoms with E-state index in [-0.39, 0.29) is 5.56 Å². The molecule has 0 fully saturated rings. The van der Waals surface area contributed by atoms with E-state index in [9.17, 15) is 9.59 Å². The summed E-state index contributed by atoms with van der Waals surface area (Å²) in [6.45, 7) is 0. The summed E-state index contributed by atoms with van der Waals surface area (Å²) in [5.74, 6) is -1.71. The average molecular weight is 250 g/mol. The third-order valence-corrected chi connectivity index (χ3v) is 3.71. The standard InChI is InChI=1S/C12H10O4S/c13-11(14)8-3-1-7(2-4-8)10-5-9(6-17-10)12(15)16/h1-5,9H,6H2,(H,13,14)(H,15,16). The van der Waals surface area contributed by atoms with Gasteiger partial charge in [-0.15, -0.1) is 11.8 Å². The van der Waals surface area contributed by atoms with Crippen LogP contribution in [0.2, 0.25) is 0 Å². The third-order valence-electron chi connectivity index (χ3n) is 2.50. The lowest BCUT2D eigenvalue weighted by atomic mass is 10.1. The summed E-state index contributed by atoms with van der Waals surface area (Å²) in [6.07, 6.45) is 1.71. The topological polar surface area (TPSA) is 74.6 Å². The summed E-state index contributed by atoms with van der Waals surface area (Å²) in [7, 11) is 0. The maximum Gasteiger partial charge on any atom is 0.335 e. The lowest BCUT2D eigenvalue weighted by molar-refractivity contribution is -0.139. The fourth-order valence-electron chi connectivity index (χ4n) is 1.56. The van der Waals surface area contributed by atoms with Crippen molar-refractivity contribution in [3.8, 4) is 0 Å². The highest BCUT2D eigenvalue weighted by Crippen LogP contribution is 2.36. The second kappa shape index (κ2) is 4.63. The van der Waals surface area contributed by atoms with Crippen molar-refractivity contribution in [2.24, 2.45) is 5.92 Å². The lowest BCUT2D eigenvalue weighted by Gasteiger charge is -2.01. The predicted molar refractivity (Wildman–Crippen MR) is 65.0 cm³/mol. The van der Waals surface area contributed by atoms with Crippen LogP contribution in [0.4, 0.5) is 0 Å². The maximum absolute atomic E-state index is 10.8. The van der Waals surface area contributed by atoms with Crippen molar-refractivity contribution in [2.75, 3.05) is 5.75 Å². The van der Waals surface area contributed by atoms with E-state index in [0.29, 0.717) is 5.75 Å². The van der Waals surface area contributed by atoms with Crippen molar-refractivity contribution >= 4 is 28.6 Å². The molecule has 1 heterocycles. The zero-order chi connectivity index (χ0) is 12.4. The smallest absolute Gasteiger partial charge is 0.335 e. The summed E-state index contributed by atoms with van der Waals surface area (Å²) < 4.78 is 0. The first kappa shape index (κ1) is 11.7. The second-order valence-electron chi connectivity index (χ2n) is 3.67. The Kier molecular flexibility index (Phi) is 3.19. The van der Waals surface area contributed by atoms with E-state index in [4.69, 9.17) is 10.2 Å². The number of aromatic carboxylic acids is 1. The molecular formula is C12H10O4S. The van der Waals surface area contributed by atoms with Gasteiger partial charge in [0.25, 0.3) is 0 Å². The van der Waals surface area contributed by atoms with Gasteiger partial charge in [0.1, 0.15) is 0 Å². The van der Waals surface area contributed by atoms with Gasteiger partial charge in [-0.1, -0.05) is 18.2 Å². The SMILES string of the molecule is O=C(O)c1ccc(C2=CC(C(=O)O)CS2)cc1. The van der Waals surface area contributed by atoms with Gasteiger partial charge >= 0.3 is 11.9 Å². The van der Waals surface area contributed by atoms with Crippen molar-refractivity contribution in [2.45, 2.75) is 0 Å². The first-order chi connectivity index (χ1) is 8.08. The lowest BCUT2D eigenvalue weighted by Crippen LogP contribution is -2.10. The van der Waals surface area contributed by atoms with Crippen LogP contribution in [0, 0.1) is 5.92 Å². The van der Waals surface area contributed by atoms with E-state index in [1.165, 1.54) is 23.9 Å². The number of benzene rings is 1. The second-order valence-corrected chi connectivity index (χ2v) is 4.73. The minimum Gasteiger partial charge on any atom is -0.481 e. The summed E-state index contributed by atoms with van der Waals surface area (Å²) >= 11 is 1.48. The van der Waals surface area contributed by atoms with Gasteiger partial charge in [-0.25, -0.2) is 4.79 Å². The molecule has 4 nitrogen and oxygen atoms in total. The maximum atomic E-state index is 10.8. The van der Waals surface area contributed by atoms with Crippen molar-refractivity contribution in [1.29, 1.82) is 0 Å². The molecule has 0 bridgehead atoms. The fraction of sp³-hybridized carbons (Fsp3) is 0.167. The van der Waals surface area contributed by atoms with Gasteiger partial charge in [0, 0.05) is 10.7 Å². The molecule has 0 saturated heterocycles. The number of hydrogen-bond acceptors (Lipinski definition) is 3. The van der Waals surface area contributed by atoms with Crippen LogP contribution < -0.4 is 0 Å². The molecular weight excluding hydrogens is 240 g/mol. The van der Waals surface area contributed by atoms with Gasteiger partial charge < -0.3 is 10.2 Å². The van der Waals surface area contributed by atoms with Crippen LogP contribution in [0.15, 0.2) is 30.3 Å². The molecule has 0 aliphatic carbocycles. The number of rotatable bonds is 3. The Labute approximate surface area is 102 Å². The van der Waals surface area contributed by atoms with Gasteiger partial charge in [0.15, 0.2) is 0 Å². The van der Waals surface area contributed by atoms with Crippen LogP contribution in [0.3, 0.4) is 0 Å². The number of carboxylic acid groups (broad SMARTS) is 2. The Hall–Kier alpha value is -1.75. The van der Waals surface area contributed by atoms with Gasteiger partial charge in [0.05, 0.1) is 11.5 Å². The van der Waals surface area contributed by atoms with E-state index < -0.39 is 17.9 Å². The average Bonchev–Trinajstić information content (AvgIpc) is 2.78. The Bertz CT molecular complexity index is 490. The molecule has 17 heavy (non-hydrogen) atoms. The zero-order valence-corrected chi connectivity index (χ0v) is 9.61. The molecule has 5 heteroatoms. The van der Waals surface area contributed by atoms with Gasteiger partial charge in [-0.3, -0.25) is 4.79 Å². The van der Waals surface area contributed by atoms with Gasteiger partial charge in [-0.2, -0.15) is 0 Å².